The van der Waals surface area contributed by atoms with Gasteiger partial charge in [-0.2, -0.15) is 13.2 Å². The number of halogens is 5. The molecule has 1 aliphatic heterocycles. The number of amides is 1. The fourth-order valence-electron chi connectivity index (χ4n) is 2.60. The molecule has 4 nitrogen and oxygen atoms in total. The normalized spacial score (nSPS) is 19.8. The monoisotopic (exact) mass is 369 g/mol. The lowest BCUT2D eigenvalue weighted by Crippen LogP contribution is -2.47. The van der Waals surface area contributed by atoms with Gasteiger partial charge in [0, 0.05) is 22.0 Å². The Morgan fingerprint density at radius 1 is 1.39 bits per heavy atom. The maximum atomic E-state index is 13.6. The number of hydrogen-bond acceptors (Lipinski definition) is 3. The second kappa shape index (κ2) is 6.57. The third-order valence-corrected chi connectivity index (χ3v) is 4.14. The zero-order valence-corrected chi connectivity index (χ0v) is 13.4. The average Bonchev–Trinajstić information content (AvgIpc) is 2.81. The molecule has 0 spiro atoms. The van der Waals surface area contributed by atoms with E-state index < -0.39 is 30.1 Å². The summed E-state index contributed by atoms with van der Waals surface area (Å²) in [6, 6.07) is -0.139. The molecule has 2 rings (SSSR count). The highest BCUT2D eigenvalue weighted by atomic mass is 35.5. The largest absolute Gasteiger partial charge is 0.467 e. The summed E-state index contributed by atoms with van der Waals surface area (Å²) in [4.78, 5) is 24.2. The van der Waals surface area contributed by atoms with Gasteiger partial charge in [0.25, 0.3) is 0 Å². The molecule has 126 valence electrons. The second-order valence-corrected chi connectivity index (χ2v) is 5.83. The van der Waals surface area contributed by atoms with E-state index in [1.54, 1.807) is 0 Å². The van der Waals surface area contributed by atoms with Crippen LogP contribution in [0, 0.1) is 0 Å². The Labute approximate surface area is 140 Å². The molecular weight excluding hydrogens is 358 g/mol. The number of ether oxygens (including phenoxy) is 1. The van der Waals surface area contributed by atoms with Gasteiger partial charge in [0.2, 0.25) is 5.91 Å². The van der Waals surface area contributed by atoms with Crippen LogP contribution in [0.5, 0.6) is 0 Å². The third-order valence-electron chi connectivity index (χ3n) is 3.57. The van der Waals surface area contributed by atoms with Crippen LogP contribution in [-0.4, -0.2) is 36.1 Å². The molecule has 2 atom stereocenters. The lowest BCUT2D eigenvalue weighted by molar-refractivity contribution is -0.196. The van der Waals surface area contributed by atoms with Crippen molar-refractivity contribution < 1.29 is 27.5 Å². The molecule has 0 aliphatic carbocycles. The summed E-state index contributed by atoms with van der Waals surface area (Å²) in [6.45, 7) is 0. The molecule has 23 heavy (non-hydrogen) atoms. The third kappa shape index (κ3) is 3.55. The molecule has 1 aliphatic rings. The van der Waals surface area contributed by atoms with E-state index in [-0.39, 0.29) is 28.5 Å². The predicted molar refractivity (Wildman–Crippen MR) is 77.1 cm³/mol. The van der Waals surface area contributed by atoms with E-state index in [0.717, 1.165) is 19.2 Å². The molecule has 0 N–H and O–H groups in total. The lowest BCUT2D eigenvalue weighted by Gasteiger charge is -2.34. The van der Waals surface area contributed by atoms with Crippen molar-refractivity contribution in [3.8, 4) is 0 Å². The van der Waals surface area contributed by atoms with Crippen LogP contribution in [0.1, 0.15) is 24.4 Å². The highest BCUT2D eigenvalue weighted by molar-refractivity contribution is 6.35. The van der Waals surface area contributed by atoms with Crippen LogP contribution in [-0.2, 0) is 14.3 Å². The van der Waals surface area contributed by atoms with Crippen LogP contribution in [0.3, 0.4) is 0 Å². The van der Waals surface area contributed by atoms with Gasteiger partial charge in [0.15, 0.2) is 6.04 Å². The minimum atomic E-state index is -4.82. The fraction of sp³-hybridized carbons (Fsp3) is 0.429. The van der Waals surface area contributed by atoms with Gasteiger partial charge in [-0.25, -0.2) is 4.79 Å². The number of benzene rings is 1. The van der Waals surface area contributed by atoms with E-state index >= 15 is 0 Å². The molecule has 1 aromatic carbocycles. The van der Waals surface area contributed by atoms with Crippen LogP contribution in [0.4, 0.5) is 13.2 Å². The highest BCUT2D eigenvalue weighted by Gasteiger charge is 2.53. The number of esters is 1. The van der Waals surface area contributed by atoms with Crippen LogP contribution >= 0.6 is 23.2 Å². The number of carbonyl (C=O) groups excluding carboxylic acids is 2. The first-order chi connectivity index (χ1) is 10.7. The standard InChI is InChI=1S/C14H12Cl2F3NO3/c1-23-13(22)10-4-5-11(21)20(10)12(14(17,18)19)8-3-2-7(15)6-9(8)16/h2-3,6,10,12H,4-5H2,1H3. The Balaban J connectivity index is 2.54. The van der Waals surface area contributed by atoms with Crippen molar-refractivity contribution in [1.82, 2.24) is 4.90 Å². The van der Waals surface area contributed by atoms with Gasteiger partial charge in [0.05, 0.1) is 7.11 Å². The van der Waals surface area contributed by atoms with E-state index in [1.165, 1.54) is 6.07 Å². The molecule has 0 saturated carbocycles. The number of methoxy groups -OCH3 is 1. The maximum Gasteiger partial charge on any atom is 0.413 e. The second-order valence-electron chi connectivity index (χ2n) is 4.99. The molecule has 1 fully saturated rings. The van der Waals surface area contributed by atoms with Gasteiger partial charge in [0.1, 0.15) is 6.04 Å². The highest BCUT2D eigenvalue weighted by Crippen LogP contribution is 2.44. The SMILES string of the molecule is COC(=O)C1CCC(=O)N1C(c1ccc(Cl)cc1Cl)C(F)(F)F. The molecular formula is C14H12Cl2F3NO3. The number of nitrogens with zero attached hydrogens (tertiary/aromatic N) is 1. The summed E-state index contributed by atoms with van der Waals surface area (Å²) >= 11 is 11.6. The Hall–Kier alpha value is -1.47. The summed E-state index contributed by atoms with van der Waals surface area (Å²) in [5.74, 6) is -1.68. The van der Waals surface area contributed by atoms with Crippen molar-refractivity contribution >= 4 is 35.1 Å². The smallest absolute Gasteiger partial charge is 0.413 e. The van der Waals surface area contributed by atoms with E-state index in [1.807, 2.05) is 0 Å². The molecule has 9 heteroatoms. The molecule has 1 amide bonds. The first kappa shape index (κ1) is 17.9. The van der Waals surface area contributed by atoms with E-state index in [4.69, 9.17) is 23.2 Å². The van der Waals surface area contributed by atoms with E-state index in [0.29, 0.717) is 4.90 Å². The molecule has 0 bridgehead atoms. The summed E-state index contributed by atoms with van der Waals surface area (Å²) in [6.07, 6.45) is -5.02. The van der Waals surface area contributed by atoms with Crippen molar-refractivity contribution in [2.24, 2.45) is 0 Å². The summed E-state index contributed by atoms with van der Waals surface area (Å²) in [5, 5.41) is -0.0694. The van der Waals surface area contributed by atoms with Crippen LogP contribution in [0.15, 0.2) is 18.2 Å². The molecule has 1 saturated heterocycles. The number of alkyl halides is 3. The van der Waals surface area contributed by atoms with Gasteiger partial charge in [-0.1, -0.05) is 29.3 Å². The molecule has 0 aromatic heterocycles. The topological polar surface area (TPSA) is 46.6 Å². The van der Waals surface area contributed by atoms with Crippen molar-refractivity contribution in [2.45, 2.75) is 31.1 Å². The van der Waals surface area contributed by atoms with Gasteiger partial charge in [-0.15, -0.1) is 0 Å². The summed E-state index contributed by atoms with van der Waals surface area (Å²) in [5.41, 5.74) is -0.340. The van der Waals surface area contributed by atoms with Crippen molar-refractivity contribution in [1.29, 1.82) is 0 Å². The van der Waals surface area contributed by atoms with E-state index in [9.17, 15) is 22.8 Å². The zero-order chi connectivity index (χ0) is 17.4. The summed E-state index contributed by atoms with van der Waals surface area (Å²) in [7, 11) is 1.06. The Morgan fingerprint density at radius 2 is 2.04 bits per heavy atom. The van der Waals surface area contributed by atoms with Gasteiger partial charge >= 0.3 is 12.1 Å². The van der Waals surface area contributed by atoms with Gasteiger partial charge in [-0.05, 0) is 18.6 Å². The molecule has 0 radical (unpaired) electrons. The average molecular weight is 370 g/mol. The first-order valence-corrected chi connectivity index (χ1v) is 7.33. The predicted octanol–water partition coefficient (Wildman–Crippen LogP) is 3.76. The summed E-state index contributed by atoms with van der Waals surface area (Å²) < 4.78 is 45.4. The number of rotatable bonds is 3. The Bertz CT molecular complexity index is 636. The van der Waals surface area contributed by atoms with Crippen molar-refractivity contribution in [2.75, 3.05) is 7.11 Å². The minimum Gasteiger partial charge on any atom is -0.467 e. The molecule has 1 aromatic rings. The van der Waals surface area contributed by atoms with Crippen molar-refractivity contribution in [3.05, 3.63) is 33.8 Å². The van der Waals surface area contributed by atoms with Crippen molar-refractivity contribution in [3.63, 3.8) is 0 Å². The Kier molecular flexibility index (Phi) is 5.10. The maximum absolute atomic E-state index is 13.6. The molecule has 1 heterocycles. The first-order valence-electron chi connectivity index (χ1n) is 6.57. The van der Waals surface area contributed by atoms with Gasteiger partial charge < -0.3 is 9.64 Å². The lowest BCUT2D eigenvalue weighted by atomic mass is 10.0. The zero-order valence-electron chi connectivity index (χ0n) is 11.9. The molecule has 2 unspecified atom stereocenters. The van der Waals surface area contributed by atoms with Crippen LogP contribution in [0.2, 0.25) is 10.0 Å². The van der Waals surface area contributed by atoms with E-state index in [2.05, 4.69) is 4.74 Å². The van der Waals surface area contributed by atoms with Gasteiger partial charge in [-0.3, -0.25) is 4.79 Å². The number of carbonyl (C=O) groups is 2. The van der Waals surface area contributed by atoms with Crippen LogP contribution in [0.25, 0.3) is 0 Å². The quantitative estimate of drug-likeness (QED) is 0.762. The fourth-order valence-corrected chi connectivity index (χ4v) is 3.11. The number of likely N-dealkylation sites (tertiary alicyclic amines) is 1. The number of hydrogen-bond donors (Lipinski definition) is 0. The van der Waals surface area contributed by atoms with Crippen LogP contribution < -0.4 is 0 Å². The minimum absolute atomic E-state index is 0.0384. The Morgan fingerprint density at radius 3 is 2.57 bits per heavy atom.